The summed E-state index contributed by atoms with van der Waals surface area (Å²) in [6.07, 6.45) is 0.916. The van der Waals surface area contributed by atoms with Crippen LogP contribution in [0.4, 0.5) is 4.39 Å². The highest BCUT2D eigenvalue weighted by atomic mass is 32.1. The number of rotatable bonds is 4. The second kappa shape index (κ2) is 7.81. The fourth-order valence-corrected chi connectivity index (χ4v) is 5.42. The third-order valence-electron chi connectivity index (χ3n) is 5.88. The van der Waals surface area contributed by atoms with E-state index in [0.29, 0.717) is 11.4 Å². The molecule has 1 saturated heterocycles. The highest BCUT2D eigenvalue weighted by molar-refractivity contribution is 7.20. The summed E-state index contributed by atoms with van der Waals surface area (Å²) in [4.78, 5) is 16.8. The number of halogens is 1. The molecule has 2 aromatic carbocycles. The molecule has 0 spiro atoms. The van der Waals surface area contributed by atoms with Gasteiger partial charge < -0.3 is 9.64 Å². The second-order valence-electron chi connectivity index (χ2n) is 7.78. The molecule has 1 fully saturated rings. The van der Waals surface area contributed by atoms with Crippen LogP contribution in [0.15, 0.2) is 54.6 Å². The van der Waals surface area contributed by atoms with Crippen molar-refractivity contribution in [2.24, 2.45) is 0 Å². The van der Waals surface area contributed by atoms with Gasteiger partial charge in [0.05, 0.1) is 23.4 Å². The number of ether oxygens (including phenoxy) is 1. The third kappa shape index (κ3) is 3.49. The number of thiophene rings is 1. The molecule has 5 rings (SSSR count). The standard InChI is InChI=1S/C24H22FN3O2S/c1-15-20-13-22(31-24(20)28(26-15)18-9-7-17(25)8-10-18)23(29)27-12-11-16(14-27)19-5-3-4-6-21(19)30-2/h3-10,13,16H,11-12,14H2,1-2H3. The molecule has 7 heteroatoms. The summed E-state index contributed by atoms with van der Waals surface area (Å²) in [5, 5.41) is 5.54. The SMILES string of the molecule is COc1ccccc1C1CCN(C(=O)c2cc3c(C)nn(-c4ccc(F)cc4)c3s2)C1. The number of aromatic nitrogens is 2. The molecular weight excluding hydrogens is 413 g/mol. The second-order valence-corrected chi connectivity index (χ2v) is 8.81. The van der Waals surface area contributed by atoms with Gasteiger partial charge in [0.1, 0.15) is 16.4 Å². The number of nitrogens with zero attached hydrogens (tertiary/aromatic N) is 3. The molecule has 1 atom stereocenters. The van der Waals surface area contributed by atoms with Crippen molar-refractivity contribution in [3.05, 3.63) is 76.5 Å². The van der Waals surface area contributed by atoms with Crippen molar-refractivity contribution in [1.82, 2.24) is 14.7 Å². The van der Waals surface area contributed by atoms with Gasteiger partial charge in [0.25, 0.3) is 5.91 Å². The molecule has 1 aliphatic heterocycles. The lowest BCUT2D eigenvalue weighted by Gasteiger charge is -2.17. The highest BCUT2D eigenvalue weighted by Gasteiger charge is 2.30. The van der Waals surface area contributed by atoms with Gasteiger partial charge in [0, 0.05) is 24.4 Å². The first-order valence-electron chi connectivity index (χ1n) is 10.2. The number of amides is 1. The van der Waals surface area contributed by atoms with Gasteiger partial charge >= 0.3 is 0 Å². The lowest BCUT2D eigenvalue weighted by molar-refractivity contribution is 0.0795. The summed E-state index contributed by atoms with van der Waals surface area (Å²) in [6.45, 7) is 3.33. The van der Waals surface area contributed by atoms with Crippen LogP contribution in [0.2, 0.25) is 0 Å². The smallest absolute Gasteiger partial charge is 0.264 e. The number of carbonyl (C=O) groups is 1. The van der Waals surface area contributed by atoms with Crippen LogP contribution in [-0.4, -0.2) is 40.8 Å². The molecule has 1 aliphatic rings. The van der Waals surface area contributed by atoms with E-state index in [9.17, 15) is 9.18 Å². The van der Waals surface area contributed by atoms with Crippen molar-refractivity contribution in [3.63, 3.8) is 0 Å². The molecule has 1 amide bonds. The van der Waals surface area contributed by atoms with Gasteiger partial charge in [-0.15, -0.1) is 11.3 Å². The van der Waals surface area contributed by atoms with Crippen LogP contribution in [0.1, 0.15) is 33.3 Å². The monoisotopic (exact) mass is 435 g/mol. The van der Waals surface area contributed by atoms with Gasteiger partial charge in [-0.25, -0.2) is 9.07 Å². The van der Waals surface area contributed by atoms with Crippen LogP contribution in [0.25, 0.3) is 15.9 Å². The van der Waals surface area contributed by atoms with E-state index in [1.807, 2.05) is 36.1 Å². The Kier molecular flexibility index (Phi) is 4.98. The van der Waals surface area contributed by atoms with E-state index in [4.69, 9.17) is 4.74 Å². The van der Waals surface area contributed by atoms with Gasteiger partial charge in [0.15, 0.2) is 0 Å². The molecule has 2 aromatic heterocycles. The van der Waals surface area contributed by atoms with E-state index < -0.39 is 0 Å². The molecular formula is C24H22FN3O2S. The molecule has 3 heterocycles. The maximum atomic E-state index is 13.3. The molecule has 5 nitrogen and oxygen atoms in total. The average Bonchev–Trinajstić information content (AvgIpc) is 3.51. The Morgan fingerprint density at radius 1 is 1.19 bits per heavy atom. The van der Waals surface area contributed by atoms with Crippen molar-refractivity contribution in [1.29, 1.82) is 0 Å². The molecule has 4 aromatic rings. The van der Waals surface area contributed by atoms with Crippen molar-refractivity contribution in [3.8, 4) is 11.4 Å². The molecule has 0 aliphatic carbocycles. The number of hydrogen-bond donors (Lipinski definition) is 0. The largest absolute Gasteiger partial charge is 0.496 e. The highest BCUT2D eigenvalue weighted by Crippen LogP contribution is 2.36. The number of methoxy groups -OCH3 is 1. The molecule has 31 heavy (non-hydrogen) atoms. The van der Waals surface area contributed by atoms with E-state index in [0.717, 1.165) is 45.9 Å². The molecule has 0 radical (unpaired) electrons. The zero-order valence-electron chi connectivity index (χ0n) is 17.3. The number of para-hydroxylation sites is 1. The quantitative estimate of drug-likeness (QED) is 0.444. The van der Waals surface area contributed by atoms with Crippen LogP contribution < -0.4 is 4.74 Å². The van der Waals surface area contributed by atoms with Crippen molar-refractivity contribution < 1.29 is 13.9 Å². The summed E-state index contributed by atoms with van der Waals surface area (Å²) < 4.78 is 20.6. The molecule has 0 saturated carbocycles. The first-order valence-corrected chi connectivity index (χ1v) is 11.0. The van der Waals surface area contributed by atoms with Gasteiger partial charge in [-0.1, -0.05) is 18.2 Å². The zero-order valence-corrected chi connectivity index (χ0v) is 18.2. The minimum absolute atomic E-state index is 0.0451. The van der Waals surface area contributed by atoms with Crippen LogP contribution in [0.3, 0.4) is 0 Å². The Hall–Kier alpha value is -3.19. The summed E-state index contributed by atoms with van der Waals surface area (Å²) in [6, 6.07) is 16.2. The summed E-state index contributed by atoms with van der Waals surface area (Å²) >= 11 is 1.43. The van der Waals surface area contributed by atoms with Gasteiger partial charge in [-0.05, 0) is 55.3 Å². The van der Waals surface area contributed by atoms with Crippen molar-refractivity contribution in [2.45, 2.75) is 19.3 Å². The molecule has 1 unspecified atom stereocenters. The summed E-state index contributed by atoms with van der Waals surface area (Å²) in [7, 11) is 1.68. The number of benzene rings is 2. The van der Waals surface area contributed by atoms with Crippen molar-refractivity contribution in [2.75, 3.05) is 20.2 Å². The maximum Gasteiger partial charge on any atom is 0.264 e. The Labute approximate surface area is 183 Å². The minimum atomic E-state index is -0.287. The number of carbonyl (C=O) groups excluding carboxylic acids is 1. The predicted octanol–water partition coefficient (Wildman–Crippen LogP) is 5.17. The topological polar surface area (TPSA) is 47.4 Å². The van der Waals surface area contributed by atoms with Gasteiger partial charge in [-0.2, -0.15) is 5.10 Å². The van der Waals surface area contributed by atoms with E-state index >= 15 is 0 Å². The Bertz CT molecular complexity index is 1260. The van der Waals surface area contributed by atoms with E-state index in [2.05, 4.69) is 11.2 Å². The normalized spacial score (nSPS) is 16.2. The summed E-state index contributed by atoms with van der Waals surface area (Å²) in [5.74, 6) is 0.901. The van der Waals surface area contributed by atoms with E-state index in [1.165, 1.54) is 23.5 Å². The predicted molar refractivity (Wildman–Crippen MR) is 120 cm³/mol. The number of aryl methyl sites for hydroxylation is 1. The lowest BCUT2D eigenvalue weighted by Crippen LogP contribution is -2.27. The molecule has 158 valence electrons. The number of fused-ring (bicyclic) bond motifs is 1. The number of likely N-dealkylation sites (tertiary alicyclic amines) is 1. The van der Waals surface area contributed by atoms with E-state index in [-0.39, 0.29) is 17.6 Å². The van der Waals surface area contributed by atoms with Crippen LogP contribution in [-0.2, 0) is 0 Å². The van der Waals surface area contributed by atoms with Crippen LogP contribution in [0.5, 0.6) is 5.75 Å². The Balaban J connectivity index is 1.42. The van der Waals surface area contributed by atoms with Crippen LogP contribution in [0, 0.1) is 12.7 Å². The molecule has 0 N–H and O–H groups in total. The minimum Gasteiger partial charge on any atom is -0.496 e. The lowest BCUT2D eigenvalue weighted by atomic mass is 9.97. The fourth-order valence-electron chi connectivity index (χ4n) is 4.27. The summed E-state index contributed by atoms with van der Waals surface area (Å²) in [5.41, 5.74) is 2.78. The van der Waals surface area contributed by atoms with Crippen LogP contribution >= 0.6 is 11.3 Å². The van der Waals surface area contributed by atoms with Crippen molar-refractivity contribution >= 4 is 27.5 Å². The Morgan fingerprint density at radius 2 is 1.97 bits per heavy atom. The molecule has 0 bridgehead atoms. The number of hydrogen-bond acceptors (Lipinski definition) is 4. The van der Waals surface area contributed by atoms with Gasteiger partial charge in [0.2, 0.25) is 0 Å². The first kappa shape index (κ1) is 19.8. The zero-order chi connectivity index (χ0) is 21.5. The Morgan fingerprint density at radius 3 is 2.74 bits per heavy atom. The van der Waals surface area contributed by atoms with Gasteiger partial charge in [-0.3, -0.25) is 4.79 Å². The third-order valence-corrected chi connectivity index (χ3v) is 6.98. The average molecular weight is 436 g/mol. The van der Waals surface area contributed by atoms with E-state index in [1.54, 1.807) is 23.9 Å². The maximum absolute atomic E-state index is 13.3. The first-order chi connectivity index (χ1) is 15.0. The fraction of sp³-hybridized carbons (Fsp3) is 0.250.